The van der Waals surface area contributed by atoms with E-state index in [4.69, 9.17) is 0 Å². The predicted octanol–water partition coefficient (Wildman–Crippen LogP) is 3.75. The third-order valence-electron chi connectivity index (χ3n) is 4.59. The van der Waals surface area contributed by atoms with E-state index in [1.807, 2.05) is 41.4 Å². The molecule has 2 aromatic carbocycles. The molecule has 0 unspecified atom stereocenters. The minimum Gasteiger partial charge on any atom is -0.335 e. The van der Waals surface area contributed by atoms with Gasteiger partial charge in [0.15, 0.2) is 0 Å². The van der Waals surface area contributed by atoms with Gasteiger partial charge >= 0.3 is 0 Å². The average Bonchev–Trinajstić information content (AvgIpc) is 3.40. The van der Waals surface area contributed by atoms with E-state index in [0.717, 1.165) is 29.7 Å². The van der Waals surface area contributed by atoms with Crippen LogP contribution in [0.25, 0.3) is 5.69 Å². The molecule has 0 saturated heterocycles. The van der Waals surface area contributed by atoms with E-state index in [-0.39, 0.29) is 11.7 Å². The van der Waals surface area contributed by atoms with Gasteiger partial charge in [-0.3, -0.25) is 4.79 Å². The zero-order valence-electron chi connectivity index (χ0n) is 14.4. The maximum Gasteiger partial charge on any atom is 0.227 e. The number of aromatic nitrogens is 2. The van der Waals surface area contributed by atoms with E-state index in [9.17, 15) is 9.18 Å². The predicted molar refractivity (Wildman–Crippen MR) is 97.2 cm³/mol. The molecule has 4 rings (SSSR count). The average molecular weight is 349 g/mol. The molecule has 0 aliphatic heterocycles. The summed E-state index contributed by atoms with van der Waals surface area (Å²) in [5, 5.41) is 4.36. The first kappa shape index (κ1) is 16.5. The van der Waals surface area contributed by atoms with Gasteiger partial charge in [0.25, 0.3) is 0 Å². The highest BCUT2D eigenvalue weighted by Crippen LogP contribution is 2.29. The van der Waals surface area contributed by atoms with Crippen molar-refractivity contribution in [2.75, 3.05) is 0 Å². The molecule has 132 valence electrons. The molecule has 1 aliphatic rings. The molecule has 0 spiro atoms. The van der Waals surface area contributed by atoms with E-state index in [1.54, 1.807) is 23.0 Å². The van der Waals surface area contributed by atoms with Crippen LogP contribution in [0.5, 0.6) is 0 Å². The summed E-state index contributed by atoms with van der Waals surface area (Å²) in [6.07, 6.45) is 6.04. The summed E-state index contributed by atoms with van der Waals surface area (Å²) < 4.78 is 14.9. The van der Waals surface area contributed by atoms with E-state index >= 15 is 0 Å². The highest BCUT2D eigenvalue weighted by molar-refractivity contribution is 5.79. The molecule has 1 saturated carbocycles. The van der Waals surface area contributed by atoms with Crippen LogP contribution in [0.1, 0.15) is 24.0 Å². The maximum absolute atomic E-state index is 13.1. The number of benzene rings is 2. The second-order valence-electron chi connectivity index (χ2n) is 6.68. The van der Waals surface area contributed by atoms with Gasteiger partial charge in [-0.2, -0.15) is 5.10 Å². The lowest BCUT2D eigenvalue weighted by molar-refractivity contribution is -0.131. The molecule has 26 heavy (non-hydrogen) atoms. The molecule has 0 N–H and O–H groups in total. The van der Waals surface area contributed by atoms with Gasteiger partial charge in [0, 0.05) is 18.8 Å². The number of halogens is 1. The van der Waals surface area contributed by atoms with Crippen molar-refractivity contribution in [2.45, 2.75) is 31.8 Å². The van der Waals surface area contributed by atoms with Gasteiger partial charge in [-0.1, -0.05) is 30.3 Å². The van der Waals surface area contributed by atoms with Crippen LogP contribution in [-0.4, -0.2) is 26.6 Å². The van der Waals surface area contributed by atoms with Crippen molar-refractivity contribution in [2.24, 2.45) is 0 Å². The fraction of sp³-hybridized carbons (Fsp3) is 0.238. The Balaban J connectivity index is 1.45. The van der Waals surface area contributed by atoms with Gasteiger partial charge in [-0.25, -0.2) is 9.07 Å². The van der Waals surface area contributed by atoms with E-state index in [2.05, 4.69) is 5.10 Å². The SMILES string of the molecule is O=C(Cc1cnn(-c2ccccc2)c1)N(Cc1ccc(F)cc1)C1CC1. The van der Waals surface area contributed by atoms with Crippen LogP contribution in [0.3, 0.4) is 0 Å². The van der Waals surface area contributed by atoms with Crippen molar-refractivity contribution in [3.63, 3.8) is 0 Å². The number of para-hydroxylation sites is 1. The molecule has 1 aromatic heterocycles. The van der Waals surface area contributed by atoms with Crippen molar-refractivity contribution in [1.82, 2.24) is 14.7 Å². The molecule has 0 bridgehead atoms. The summed E-state index contributed by atoms with van der Waals surface area (Å²) in [4.78, 5) is 14.7. The largest absolute Gasteiger partial charge is 0.335 e. The van der Waals surface area contributed by atoms with Crippen molar-refractivity contribution >= 4 is 5.91 Å². The lowest BCUT2D eigenvalue weighted by Crippen LogP contribution is -2.33. The Labute approximate surface area is 151 Å². The van der Waals surface area contributed by atoms with Crippen LogP contribution >= 0.6 is 0 Å². The second kappa shape index (κ2) is 7.12. The third-order valence-corrected chi connectivity index (χ3v) is 4.59. The zero-order valence-corrected chi connectivity index (χ0v) is 14.4. The summed E-state index contributed by atoms with van der Waals surface area (Å²) in [6, 6.07) is 16.5. The minimum absolute atomic E-state index is 0.0874. The Hall–Kier alpha value is -2.95. The molecule has 1 fully saturated rings. The first-order valence-corrected chi connectivity index (χ1v) is 8.82. The summed E-state index contributed by atoms with van der Waals surface area (Å²) >= 11 is 0. The van der Waals surface area contributed by atoms with Gasteiger partial charge in [0.1, 0.15) is 5.82 Å². The van der Waals surface area contributed by atoms with Crippen molar-refractivity contribution in [1.29, 1.82) is 0 Å². The number of amides is 1. The number of nitrogens with zero attached hydrogens (tertiary/aromatic N) is 3. The van der Waals surface area contributed by atoms with Gasteiger partial charge < -0.3 is 4.90 Å². The molecule has 1 amide bonds. The Morgan fingerprint density at radius 3 is 2.50 bits per heavy atom. The van der Waals surface area contributed by atoms with E-state index < -0.39 is 0 Å². The van der Waals surface area contributed by atoms with Crippen LogP contribution in [0.2, 0.25) is 0 Å². The third kappa shape index (κ3) is 3.82. The molecule has 0 atom stereocenters. The van der Waals surface area contributed by atoms with Crippen molar-refractivity contribution in [3.05, 3.63) is 83.9 Å². The van der Waals surface area contributed by atoms with Crippen LogP contribution in [0.15, 0.2) is 67.0 Å². The van der Waals surface area contributed by atoms with Crippen molar-refractivity contribution in [3.8, 4) is 5.69 Å². The summed E-state index contributed by atoms with van der Waals surface area (Å²) in [6.45, 7) is 0.524. The van der Waals surface area contributed by atoms with Crippen LogP contribution in [0.4, 0.5) is 4.39 Å². The minimum atomic E-state index is -0.258. The molecule has 1 aliphatic carbocycles. The van der Waals surface area contributed by atoms with Crippen LogP contribution in [0, 0.1) is 5.82 Å². The summed E-state index contributed by atoms with van der Waals surface area (Å²) in [5.74, 6) is -0.171. The monoisotopic (exact) mass is 349 g/mol. The number of hydrogen-bond donors (Lipinski definition) is 0. The van der Waals surface area contributed by atoms with E-state index in [1.165, 1.54) is 12.1 Å². The number of carbonyl (C=O) groups excluding carboxylic acids is 1. The Bertz CT molecular complexity index is 885. The maximum atomic E-state index is 13.1. The Morgan fingerprint density at radius 2 is 1.81 bits per heavy atom. The smallest absolute Gasteiger partial charge is 0.227 e. The second-order valence-corrected chi connectivity index (χ2v) is 6.68. The molecular weight excluding hydrogens is 329 g/mol. The number of hydrogen-bond acceptors (Lipinski definition) is 2. The van der Waals surface area contributed by atoms with E-state index in [0.29, 0.717) is 19.0 Å². The van der Waals surface area contributed by atoms with Gasteiger partial charge in [0.2, 0.25) is 5.91 Å². The van der Waals surface area contributed by atoms with Crippen LogP contribution < -0.4 is 0 Å². The van der Waals surface area contributed by atoms with Crippen molar-refractivity contribution < 1.29 is 9.18 Å². The Kier molecular flexibility index (Phi) is 4.52. The standard InChI is InChI=1S/C21H20FN3O/c22-18-8-6-16(7-9-18)14-24(19-10-11-19)21(26)12-17-13-23-25(15-17)20-4-2-1-3-5-20/h1-9,13,15,19H,10-12,14H2. The normalized spacial score (nSPS) is 13.6. The molecule has 1 heterocycles. The molecule has 0 radical (unpaired) electrons. The summed E-state index contributed by atoms with van der Waals surface area (Å²) in [5.41, 5.74) is 2.81. The number of carbonyl (C=O) groups is 1. The lowest BCUT2D eigenvalue weighted by Gasteiger charge is -2.22. The van der Waals surface area contributed by atoms with Gasteiger partial charge in [-0.05, 0) is 48.2 Å². The quantitative estimate of drug-likeness (QED) is 0.680. The Morgan fingerprint density at radius 1 is 1.08 bits per heavy atom. The fourth-order valence-corrected chi connectivity index (χ4v) is 3.04. The fourth-order valence-electron chi connectivity index (χ4n) is 3.04. The molecule has 4 nitrogen and oxygen atoms in total. The highest BCUT2D eigenvalue weighted by Gasteiger charge is 2.32. The lowest BCUT2D eigenvalue weighted by atomic mass is 10.1. The number of rotatable bonds is 6. The first-order valence-electron chi connectivity index (χ1n) is 8.82. The highest BCUT2D eigenvalue weighted by atomic mass is 19.1. The molecule has 5 heteroatoms. The molecular formula is C21H20FN3O. The van der Waals surface area contributed by atoms with Gasteiger partial charge in [-0.15, -0.1) is 0 Å². The zero-order chi connectivity index (χ0) is 17.9. The van der Waals surface area contributed by atoms with Crippen LogP contribution in [-0.2, 0) is 17.8 Å². The van der Waals surface area contributed by atoms with Gasteiger partial charge in [0.05, 0.1) is 18.3 Å². The first-order chi connectivity index (χ1) is 12.7. The summed E-state index contributed by atoms with van der Waals surface area (Å²) in [7, 11) is 0. The topological polar surface area (TPSA) is 38.1 Å². The molecule has 3 aromatic rings.